The quantitative estimate of drug-likeness (QED) is 0.311. The van der Waals surface area contributed by atoms with E-state index in [9.17, 15) is 14.4 Å². The van der Waals surface area contributed by atoms with Crippen molar-refractivity contribution in [1.29, 1.82) is 0 Å². The standard InChI is InChI=1S/C32H32N4O5S/c1-4-41-31(39)28-20(2)33-32-36(29(28)21-11-13-23(40-3)14-12-21)30(38)26(42-32)17-22-18-35(25-10-6-5-9-24(22)25)19-27(37)34-15-7-8-16-34/h5-6,9-14,17-18,29H,4,7-8,15-16,19H2,1-3H3/b26-17+/t29-/m1/s1. The van der Waals surface area contributed by atoms with Crippen LogP contribution in [0.4, 0.5) is 0 Å². The first-order valence-electron chi connectivity index (χ1n) is 14.1. The van der Waals surface area contributed by atoms with Crippen molar-refractivity contribution in [3.05, 3.63) is 96.8 Å². The van der Waals surface area contributed by atoms with E-state index in [0.717, 1.165) is 48.0 Å². The molecule has 0 spiro atoms. The third-order valence-electron chi connectivity index (χ3n) is 7.82. The Morgan fingerprint density at radius 1 is 1.10 bits per heavy atom. The maximum absolute atomic E-state index is 14.1. The molecule has 1 atom stereocenters. The van der Waals surface area contributed by atoms with E-state index in [2.05, 4.69) is 4.99 Å². The average molecular weight is 585 g/mol. The summed E-state index contributed by atoms with van der Waals surface area (Å²) in [5.74, 6) is 0.268. The van der Waals surface area contributed by atoms with Gasteiger partial charge in [0.05, 0.1) is 35.6 Å². The molecule has 2 aromatic carbocycles. The average Bonchev–Trinajstić information content (AvgIpc) is 3.72. The zero-order valence-corrected chi connectivity index (χ0v) is 24.6. The molecule has 2 aromatic heterocycles. The Balaban J connectivity index is 1.47. The number of para-hydroxylation sites is 1. The van der Waals surface area contributed by atoms with Crippen LogP contribution in [0.2, 0.25) is 0 Å². The lowest BCUT2D eigenvalue weighted by Gasteiger charge is -2.24. The van der Waals surface area contributed by atoms with Crippen molar-refractivity contribution >= 4 is 40.2 Å². The number of nitrogens with zero attached hydrogens (tertiary/aromatic N) is 4. The van der Waals surface area contributed by atoms with Crippen LogP contribution in [-0.2, 0) is 20.9 Å². The number of likely N-dealkylation sites (tertiary alicyclic amines) is 1. The molecule has 0 unspecified atom stereocenters. The number of aromatic nitrogens is 2. The number of carbonyl (C=O) groups is 2. The molecule has 1 amide bonds. The second-order valence-electron chi connectivity index (χ2n) is 10.4. The highest BCUT2D eigenvalue weighted by atomic mass is 32.1. The lowest BCUT2D eigenvalue weighted by molar-refractivity contribution is -0.139. The van der Waals surface area contributed by atoms with E-state index in [1.807, 2.05) is 70.3 Å². The molecule has 4 aromatic rings. The van der Waals surface area contributed by atoms with Crippen molar-refractivity contribution in [2.24, 2.45) is 4.99 Å². The molecule has 42 heavy (non-hydrogen) atoms. The van der Waals surface area contributed by atoms with Crippen LogP contribution >= 0.6 is 11.3 Å². The molecule has 10 heteroatoms. The molecule has 4 heterocycles. The Kier molecular flexibility index (Phi) is 7.55. The van der Waals surface area contributed by atoms with E-state index < -0.39 is 12.0 Å². The smallest absolute Gasteiger partial charge is 0.338 e. The molecule has 0 aliphatic carbocycles. The zero-order chi connectivity index (χ0) is 29.4. The number of methoxy groups -OCH3 is 1. The van der Waals surface area contributed by atoms with Gasteiger partial charge in [0.1, 0.15) is 12.3 Å². The highest BCUT2D eigenvalue weighted by Gasteiger charge is 2.33. The molecular formula is C32H32N4O5S. The Hall–Kier alpha value is -4.44. The van der Waals surface area contributed by atoms with E-state index in [-0.39, 0.29) is 24.6 Å². The van der Waals surface area contributed by atoms with Gasteiger partial charge in [0.15, 0.2) is 4.80 Å². The van der Waals surface area contributed by atoms with Gasteiger partial charge >= 0.3 is 5.97 Å². The number of hydrogen-bond acceptors (Lipinski definition) is 7. The summed E-state index contributed by atoms with van der Waals surface area (Å²) in [6, 6.07) is 14.5. The van der Waals surface area contributed by atoms with Gasteiger partial charge in [-0.2, -0.15) is 0 Å². The van der Waals surface area contributed by atoms with Crippen LogP contribution in [0.1, 0.15) is 43.9 Å². The number of benzene rings is 2. The van der Waals surface area contributed by atoms with Crippen molar-refractivity contribution < 1.29 is 19.1 Å². The summed E-state index contributed by atoms with van der Waals surface area (Å²) in [6.45, 7) is 5.57. The first-order chi connectivity index (χ1) is 20.4. The summed E-state index contributed by atoms with van der Waals surface area (Å²) in [6.07, 6.45) is 5.88. The van der Waals surface area contributed by atoms with Crippen molar-refractivity contribution in [2.45, 2.75) is 39.3 Å². The molecular weight excluding hydrogens is 552 g/mol. The minimum absolute atomic E-state index is 0.0978. The predicted octanol–water partition coefficient (Wildman–Crippen LogP) is 3.38. The van der Waals surface area contributed by atoms with Crippen molar-refractivity contribution in [2.75, 3.05) is 26.8 Å². The molecule has 6 rings (SSSR count). The summed E-state index contributed by atoms with van der Waals surface area (Å²) < 4.78 is 14.7. The normalized spacial score (nSPS) is 17.0. The minimum atomic E-state index is -0.701. The van der Waals surface area contributed by atoms with Crippen LogP contribution in [0, 0.1) is 0 Å². The number of allylic oxidation sites excluding steroid dienone is 1. The third-order valence-corrected chi connectivity index (χ3v) is 8.80. The summed E-state index contributed by atoms with van der Waals surface area (Å²) in [5, 5.41) is 0.952. The summed E-state index contributed by atoms with van der Waals surface area (Å²) >= 11 is 1.28. The Labute approximate surface area is 246 Å². The maximum atomic E-state index is 14.1. The fourth-order valence-corrected chi connectivity index (χ4v) is 6.81. The van der Waals surface area contributed by atoms with Gasteiger partial charge in [-0.3, -0.25) is 14.2 Å². The Morgan fingerprint density at radius 2 is 1.83 bits per heavy atom. The van der Waals surface area contributed by atoms with Gasteiger partial charge in [0.2, 0.25) is 5.91 Å². The zero-order valence-electron chi connectivity index (χ0n) is 23.8. The largest absolute Gasteiger partial charge is 0.497 e. The predicted molar refractivity (Wildman–Crippen MR) is 161 cm³/mol. The molecule has 1 saturated heterocycles. The van der Waals surface area contributed by atoms with Crippen molar-refractivity contribution in [3.63, 3.8) is 0 Å². The number of thiazole rings is 1. The van der Waals surface area contributed by atoms with Gasteiger partial charge in [-0.25, -0.2) is 9.79 Å². The molecule has 9 nitrogen and oxygen atoms in total. The van der Waals surface area contributed by atoms with E-state index in [1.165, 1.54) is 11.3 Å². The number of esters is 1. The lowest BCUT2D eigenvalue weighted by Crippen LogP contribution is -2.39. The van der Waals surface area contributed by atoms with Gasteiger partial charge in [-0.1, -0.05) is 41.7 Å². The Morgan fingerprint density at radius 3 is 2.55 bits per heavy atom. The van der Waals surface area contributed by atoms with Gasteiger partial charge < -0.3 is 18.9 Å². The number of rotatable bonds is 7. The number of amides is 1. The molecule has 0 saturated carbocycles. The fraction of sp³-hybridized carbons (Fsp3) is 0.312. The number of fused-ring (bicyclic) bond motifs is 2. The van der Waals surface area contributed by atoms with Crippen LogP contribution in [-0.4, -0.2) is 52.7 Å². The third kappa shape index (κ3) is 4.96. The molecule has 0 bridgehead atoms. The van der Waals surface area contributed by atoms with Crippen LogP contribution in [0.3, 0.4) is 0 Å². The van der Waals surface area contributed by atoms with E-state index >= 15 is 0 Å². The molecule has 2 aliphatic rings. The van der Waals surface area contributed by atoms with Crippen LogP contribution in [0.15, 0.2) is 75.8 Å². The van der Waals surface area contributed by atoms with E-state index in [0.29, 0.717) is 26.4 Å². The highest BCUT2D eigenvalue weighted by molar-refractivity contribution is 7.07. The van der Waals surface area contributed by atoms with Gasteiger partial charge in [-0.05, 0) is 56.5 Å². The maximum Gasteiger partial charge on any atom is 0.338 e. The van der Waals surface area contributed by atoms with Gasteiger partial charge in [0.25, 0.3) is 5.56 Å². The lowest BCUT2D eigenvalue weighted by atomic mass is 9.96. The van der Waals surface area contributed by atoms with Crippen LogP contribution in [0.5, 0.6) is 5.75 Å². The second kappa shape index (κ2) is 11.4. The highest BCUT2D eigenvalue weighted by Crippen LogP contribution is 2.31. The first-order valence-corrected chi connectivity index (χ1v) is 14.9. The van der Waals surface area contributed by atoms with Crippen molar-refractivity contribution in [3.8, 4) is 5.75 Å². The summed E-state index contributed by atoms with van der Waals surface area (Å²) in [4.78, 5) is 47.3. The molecule has 216 valence electrons. The number of hydrogen-bond donors (Lipinski definition) is 0. The molecule has 0 N–H and O–H groups in total. The molecule has 0 radical (unpaired) electrons. The van der Waals surface area contributed by atoms with Crippen LogP contribution in [0.25, 0.3) is 17.0 Å². The van der Waals surface area contributed by atoms with E-state index in [1.54, 1.807) is 25.5 Å². The van der Waals surface area contributed by atoms with Crippen LogP contribution < -0.4 is 19.6 Å². The van der Waals surface area contributed by atoms with Gasteiger partial charge in [-0.15, -0.1) is 0 Å². The second-order valence-corrected chi connectivity index (χ2v) is 11.4. The van der Waals surface area contributed by atoms with Gasteiger partial charge in [0, 0.05) is 35.8 Å². The number of carbonyl (C=O) groups excluding carboxylic acids is 2. The fourth-order valence-electron chi connectivity index (χ4n) is 5.77. The minimum Gasteiger partial charge on any atom is -0.497 e. The number of ether oxygens (including phenoxy) is 2. The van der Waals surface area contributed by atoms with E-state index in [4.69, 9.17) is 9.47 Å². The first kappa shape index (κ1) is 27.7. The van der Waals surface area contributed by atoms with Crippen molar-refractivity contribution in [1.82, 2.24) is 14.0 Å². The molecule has 1 fully saturated rings. The monoisotopic (exact) mass is 584 g/mol. The summed E-state index contributed by atoms with van der Waals surface area (Å²) in [7, 11) is 1.59. The Bertz CT molecular complexity index is 1890. The summed E-state index contributed by atoms with van der Waals surface area (Å²) in [5.41, 5.74) is 3.11. The SMILES string of the molecule is CCOC(=O)C1=C(C)N=c2s/c(=C/c3cn(CC(=O)N4CCCC4)c4ccccc34)c(=O)n2[C@@H]1c1ccc(OC)cc1. The molecule has 2 aliphatic heterocycles. The topological polar surface area (TPSA) is 95.1 Å².